The largest absolute Gasteiger partial charge is 0.480 e. The van der Waals surface area contributed by atoms with Gasteiger partial charge in [0.2, 0.25) is 11.8 Å². The van der Waals surface area contributed by atoms with Crippen molar-refractivity contribution in [2.45, 2.75) is 31.3 Å². The number of hydrogen-bond donors (Lipinski definition) is 7. The Bertz CT molecular complexity index is 627. The number of carbonyl (C=O) groups is 3. The van der Waals surface area contributed by atoms with E-state index in [0.717, 1.165) is 0 Å². The summed E-state index contributed by atoms with van der Waals surface area (Å²) in [5.41, 5.74) is 16.3. The quantitative estimate of drug-likeness (QED) is 0.121. The second kappa shape index (κ2) is 10.7. The highest BCUT2D eigenvalue weighted by atomic mass is 16.4. The van der Waals surface area contributed by atoms with Gasteiger partial charge in [-0.3, -0.25) is 14.6 Å². The van der Waals surface area contributed by atoms with E-state index in [-0.39, 0.29) is 31.9 Å². The first-order valence-corrected chi connectivity index (χ1v) is 7.88. The van der Waals surface area contributed by atoms with Gasteiger partial charge in [-0.15, -0.1) is 0 Å². The van der Waals surface area contributed by atoms with Gasteiger partial charge in [0.1, 0.15) is 12.1 Å². The SMILES string of the molecule is NCC(=O)NC(Cc1cnc[nH]1)C(=O)NC(CCCN=C(N)N)C(=O)O. The normalized spacial score (nSPS) is 12.7. The van der Waals surface area contributed by atoms with E-state index >= 15 is 0 Å². The summed E-state index contributed by atoms with van der Waals surface area (Å²) >= 11 is 0. The lowest BCUT2D eigenvalue weighted by Crippen LogP contribution is -2.53. The third-order valence-corrected chi connectivity index (χ3v) is 3.38. The molecule has 0 aliphatic carbocycles. The summed E-state index contributed by atoms with van der Waals surface area (Å²) in [5.74, 6) is -2.47. The van der Waals surface area contributed by atoms with E-state index in [1.165, 1.54) is 12.5 Å². The summed E-state index contributed by atoms with van der Waals surface area (Å²) in [7, 11) is 0. The highest BCUT2D eigenvalue weighted by Gasteiger charge is 2.26. The van der Waals surface area contributed by atoms with Crippen LogP contribution in [0.3, 0.4) is 0 Å². The van der Waals surface area contributed by atoms with Crippen molar-refractivity contribution in [2.75, 3.05) is 13.1 Å². The molecule has 0 radical (unpaired) electrons. The Labute approximate surface area is 149 Å². The molecular formula is C14H24N8O4. The van der Waals surface area contributed by atoms with Crippen molar-refractivity contribution in [1.82, 2.24) is 20.6 Å². The fourth-order valence-corrected chi connectivity index (χ4v) is 2.11. The molecule has 1 rings (SSSR count). The predicted octanol–water partition coefficient (Wildman–Crippen LogP) is -2.98. The molecule has 0 saturated heterocycles. The summed E-state index contributed by atoms with van der Waals surface area (Å²) in [6.45, 7) is -0.0584. The molecule has 0 fully saturated rings. The molecule has 26 heavy (non-hydrogen) atoms. The smallest absolute Gasteiger partial charge is 0.326 e. The molecule has 0 saturated carbocycles. The van der Waals surface area contributed by atoms with Crippen molar-refractivity contribution in [3.05, 3.63) is 18.2 Å². The van der Waals surface area contributed by atoms with Crippen LogP contribution in [-0.2, 0) is 20.8 Å². The van der Waals surface area contributed by atoms with Gasteiger partial charge in [-0.1, -0.05) is 0 Å². The third kappa shape index (κ3) is 7.61. The number of carboxylic acid groups (broad SMARTS) is 1. The van der Waals surface area contributed by atoms with Crippen molar-refractivity contribution < 1.29 is 19.5 Å². The molecular weight excluding hydrogens is 344 g/mol. The minimum atomic E-state index is -1.20. The molecule has 144 valence electrons. The molecule has 1 aromatic rings. The number of nitrogens with one attached hydrogen (secondary N) is 3. The van der Waals surface area contributed by atoms with E-state index in [0.29, 0.717) is 12.1 Å². The number of rotatable bonds is 11. The summed E-state index contributed by atoms with van der Waals surface area (Å²) < 4.78 is 0. The molecule has 0 aliphatic rings. The molecule has 2 unspecified atom stereocenters. The fourth-order valence-electron chi connectivity index (χ4n) is 2.11. The second-order valence-corrected chi connectivity index (χ2v) is 5.45. The molecule has 12 heteroatoms. The molecule has 2 atom stereocenters. The molecule has 0 aliphatic heterocycles. The molecule has 1 heterocycles. The first kappa shape index (κ1) is 20.9. The number of carboxylic acids is 1. The number of amides is 2. The highest BCUT2D eigenvalue weighted by Crippen LogP contribution is 2.03. The lowest BCUT2D eigenvalue weighted by molar-refractivity contribution is -0.142. The minimum absolute atomic E-state index is 0.0926. The topological polar surface area (TPSA) is 215 Å². The Morgan fingerprint density at radius 1 is 1.27 bits per heavy atom. The zero-order chi connectivity index (χ0) is 19.5. The van der Waals surface area contributed by atoms with Crippen LogP contribution >= 0.6 is 0 Å². The van der Waals surface area contributed by atoms with Crippen molar-refractivity contribution in [3.8, 4) is 0 Å². The van der Waals surface area contributed by atoms with Crippen LogP contribution in [0.4, 0.5) is 0 Å². The maximum absolute atomic E-state index is 12.4. The lowest BCUT2D eigenvalue weighted by atomic mass is 10.1. The van der Waals surface area contributed by atoms with Crippen molar-refractivity contribution in [1.29, 1.82) is 0 Å². The number of nitrogens with two attached hydrogens (primary N) is 3. The van der Waals surface area contributed by atoms with E-state index in [1.54, 1.807) is 0 Å². The Hall–Kier alpha value is -3.15. The third-order valence-electron chi connectivity index (χ3n) is 3.38. The summed E-state index contributed by atoms with van der Waals surface area (Å²) in [6.07, 6.45) is 3.52. The number of aliphatic imine (C=N–C) groups is 1. The minimum Gasteiger partial charge on any atom is -0.480 e. The van der Waals surface area contributed by atoms with Crippen LogP contribution in [-0.4, -0.2) is 64.0 Å². The van der Waals surface area contributed by atoms with Crippen molar-refractivity contribution >= 4 is 23.7 Å². The van der Waals surface area contributed by atoms with Gasteiger partial charge in [0.25, 0.3) is 0 Å². The maximum atomic E-state index is 12.4. The van der Waals surface area contributed by atoms with Gasteiger partial charge in [0, 0.05) is 24.9 Å². The lowest BCUT2D eigenvalue weighted by Gasteiger charge is -2.21. The van der Waals surface area contributed by atoms with Gasteiger partial charge in [-0.2, -0.15) is 0 Å². The second-order valence-electron chi connectivity index (χ2n) is 5.45. The first-order chi connectivity index (χ1) is 12.3. The van der Waals surface area contributed by atoms with Gasteiger partial charge < -0.3 is 37.9 Å². The molecule has 0 aromatic carbocycles. The van der Waals surface area contributed by atoms with Crippen molar-refractivity contribution in [2.24, 2.45) is 22.2 Å². The Morgan fingerprint density at radius 3 is 2.54 bits per heavy atom. The number of hydrogen-bond acceptors (Lipinski definition) is 6. The van der Waals surface area contributed by atoms with Gasteiger partial charge in [-0.05, 0) is 12.8 Å². The number of H-pyrrole nitrogens is 1. The van der Waals surface area contributed by atoms with Crippen LogP contribution in [0.15, 0.2) is 17.5 Å². The van der Waals surface area contributed by atoms with E-state index in [1.807, 2.05) is 0 Å². The monoisotopic (exact) mass is 368 g/mol. The maximum Gasteiger partial charge on any atom is 0.326 e. The number of aromatic nitrogens is 2. The molecule has 12 nitrogen and oxygen atoms in total. The Kier molecular flexibility index (Phi) is 8.57. The fraction of sp³-hybridized carbons (Fsp3) is 0.500. The average molecular weight is 368 g/mol. The molecule has 10 N–H and O–H groups in total. The van der Waals surface area contributed by atoms with E-state index in [9.17, 15) is 19.5 Å². The standard InChI is InChI=1S/C14H24N8O4/c15-5-11(23)21-10(4-8-6-18-7-20-8)12(24)22-9(13(25)26)2-1-3-19-14(16)17/h6-7,9-10H,1-5,15H2,(H,18,20)(H,21,23)(H,22,24)(H,25,26)(H4,16,17,19). The van der Waals surface area contributed by atoms with Crippen LogP contribution < -0.4 is 27.8 Å². The van der Waals surface area contributed by atoms with Crippen LogP contribution in [0.1, 0.15) is 18.5 Å². The van der Waals surface area contributed by atoms with Crippen LogP contribution in [0.5, 0.6) is 0 Å². The zero-order valence-electron chi connectivity index (χ0n) is 14.1. The summed E-state index contributed by atoms with van der Waals surface area (Å²) in [5, 5.41) is 14.1. The number of aliphatic carboxylic acids is 1. The van der Waals surface area contributed by atoms with Gasteiger partial charge in [0.15, 0.2) is 5.96 Å². The Morgan fingerprint density at radius 2 is 2.00 bits per heavy atom. The average Bonchev–Trinajstić information content (AvgIpc) is 3.09. The highest BCUT2D eigenvalue weighted by molar-refractivity contribution is 5.91. The number of nitrogens with zero attached hydrogens (tertiary/aromatic N) is 2. The predicted molar refractivity (Wildman–Crippen MR) is 92.8 cm³/mol. The van der Waals surface area contributed by atoms with E-state index in [4.69, 9.17) is 17.2 Å². The number of imidazole rings is 1. The van der Waals surface area contributed by atoms with Crippen molar-refractivity contribution in [3.63, 3.8) is 0 Å². The van der Waals surface area contributed by atoms with Crippen LogP contribution in [0.25, 0.3) is 0 Å². The zero-order valence-corrected chi connectivity index (χ0v) is 14.1. The Balaban J connectivity index is 2.71. The van der Waals surface area contributed by atoms with Gasteiger partial charge in [-0.25, -0.2) is 9.78 Å². The van der Waals surface area contributed by atoms with Gasteiger partial charge >= 0.3 is 5.97 Å². The van der Waals surface area contributed by atoms with E-state index < -0.39 is 29.9 Å². The van der Waals surface area contributed by atoms with Crippen LogP contribution in [0, 0.1) is 0 Å². The summed E-state index contributed by atoms with van der Waals surface area (Å²) in [4.78, 5) is 45.8. The van der Waals surface area contributed by atoms with Crippen LogP contribution in [0.2, 0.25) is 0 Å². The molecule has 2 amide bonds. The molecule has 1 aromatic heterocycles. The summed E-state index contributed by atoms with van der Waals surface area (Å²) in [6, 6.07) is -2.14. The van der Waals surface area contributed by atoms with E-state index in [2.05, 4.69) is 25.6 Å². The molecule has 0 bridgehead atoms. The number of aromatic amines is 1. The van der Waals surface area contributed by atoms with Gasteiger partial charge in [0.05, 0.1) is 12.9 Å². The number of carbonyl (C=O) groups excluding carboxylic acids is 2. The number of guanidine groups is 1. The first-order valence-electron chi connectivity index (χ1n) is 7.88. The molecule has 0 spiro atoms.